The summed E-state index contributed by atoms with van der Waals surface area (Å²) in [5, 5.41) is 0. The fourth-order valence-electron chi connectivity index (χ4n) is 2.41. The molecule has 0 aliphatic heterocycles. The van der Waals surface area contributed by atoms with E-state index in [0.29, 0.717) is 0 Å². The van der Waals surface area contributed by atoms with Gasteiger partial charge in [0.2, 0.25) is 0 Å². The van der Waals surface area contributed by atoms with Crippen molar-refractivity contribution in [3.63, 3.8) is 0 Å². The first-order valence-electron chi connectivity index (χ1n) is 8.17. The minimum atomic E-state index is -3.30. The molecule has 0 spiro atoms. The van der Waals surface area contributed by atoms with Gasteiger partial charge in [-0.1, -0.05) is 30.3 Å². The summed E-state index contributed by atoms with van der Waals surface area (Å²) in [4.78, 5) is 2.16. The summed E-state index contributed by atoms with van der Waals surface area (Å²) >= 11 is -3.30. The number of rotatable bonds is 4. The number of hydrogen-bond acceptors (Lipinski definition) is 1. The summed E-state index contributed by atoms with van der Waals surface area (Å²) < 4.78 is 2.20. The Morgan fingerprint density at radius 2 is 1.00 bits per heavy atom. The normalized spacial score (nSPS) is 10.9. The molecule has 0 radical (unpaired) electrons. The van der Waals surface area contributed by atoms with Crippen molar-refractivity contribution in [3.8, 4) is 0 Å². The molecule has 0 aliphatic carbocycles. The summed E-state index contributed by atoms with van der Waals surface area (Å²) in [6, 6.07) is 30.4. The second-order valence-electron chi connectivity index (χ2n) is 6.03. The van der Waals surface area contributed by atoms with Crippen molar-refractivity contribution in [2.24, 2.45) is 0 Å². The SMILES string of the molecule is CN(C)Cc1ccccc1.[Cl][Sn]([Cl])([c]1ccccc1)[c]1ccccc1. The molecule has 3 aromatic rings. The van der Waals surface area contributed by atoms with Crippen molar-refractivity contribution in [2.45, 2.75) is 6.54 Å². The topological polar surface area (TPSA) is 3.24 Å². The molecule has 0 saturated heterocycles. The van der Waals surface area contributed by atoms with Crippen LogP contribution in [0, 0.1) is 0 Å². The third-order valence-corrected chi connectivity index (χ3v) is 15.5. The summed E-state index contributed by atoms with van der Waals surface area (Å²) in [7, 11) is 17.3. The molecule has 3 aromatic carbocycles. The molecule has 130 valence electrons. The van der Waals surface area contributed by atoms with E-state index in [-0.39, 0.29) is 0 Å². The van der Waals surface area contributed by atoms with Crippen molar-refractivity contribution >= 4 is 41.1 Å². The van der Waals surface area contributed by atoms with Crippen LogP contribution in [0.5, 0.6) is 0 Å². The summed E-state index contributed by atoms with van der Waals surface area (Å²) in [5.74, 6) is 0. The molecule has 0 fully saturated rings. The Labute approximate surface area is 162 Å². The van der Waals surface area contributed by atoms with Crippen LogP contribution < -0.4 is 7.16 Å². The van der Waals surface area contributed by atoms with Gasteiger partial charge in [-0.05, 0) is 19.7 Å². The second-order valence-corrected chi connectivity index (χ2v) is 21.5. The predicted octanol–water partition coefficient (Wildman–Crippen LogP) is 4.47. The average Bonchev–Trinajstić information content (AvgIpc) is 2.64. The molecule has 0 atom stereocenters. The van der Waals surface area contributed by atoms with Gasteiger partial charge in [0, 0.05) is 6.54 Å². The van der Waals surface area contributed by atoms with Gasteiger partial charge in [-0.3, -0.25) is 0 Å². The van der Waals surface area contributed by atoms with E-state index in [4.69, 9.17) is 17.8 Å². The van der Waals surface area contributed by atoms with E-state index < -0.39 is 16.1 Å². The molecule has 0 heterocycles. The Balaban J connectivity index is 0.000000196. The van der Waals surface area contributed by atoms with Crippen LogP contribution in [-0.2, 0) is 6.54 Å². The van der Waals surface area contributed by atoms with E-state index in [1.807, 2.05) is 66.7 Å². The molecule has 1 nitrogen and oxygen atoms in total. The van der Waals surface area contributed by atoms with Gasteiger partial charge in [-0.2, -0.15) is 0 Å². The Hall–Kier alpha value is -1.00. The van der Waals surface area contributed by atoms with Gasteiger partial charge in [-0.15, -0.1) is 0 Å². The summed E-state index contributed by atoms with van der Waals surface area (Å²) in [6.07, 6.45) is 0. The van der Waals surface area contributed by atoms with Gasteiger partial charge < -0.3 is 4.90 Å². The van der Waals surface area contributed by atoms with Crippen molar-refractivity contribution in [1.82, 2.24) is 4.90 Å². The number of hydrogen-bond donors (Lipinski definition) is 0. The Kier molecular flexibility index (Phi) is 8.30. The predicted molar refractivity (Wildman–Crippen MR) is 113 cm³/mol. The minimum absolute atomic E-state index is 1.03. The van der Waals surface area contributed by atoms with Crippen LogP contribution in [0.2, 0.25) is 0 Å². The van der Waals surface area contributed by atoms with Crippen LogP contribution >= 0.6 is 17.8 Å². The summed E-state index contributed by atoms with van der Waals surface area (Å²) in [5.41, 5.74) is 1.37. The third-order valence-electron chi connectivity index (χ3n) is 3.61. The van der Waals surface area contributed by atoms with Crippen molar-refractivity contribution in [3.05, 3.63) is 96.6 Å². The Bertz CT molecular complexity index is 690. The molecule has 4 heteroatoms. The van der Waals surface area contributed by atoms with Crippen molar-refractivity contribution < 1.29 is 0 Å². The van der Waals surface area contributed by atoms with E-state index in [2.05, 4.69) is 43.3 Å². The van der Waals surface area contributed by atoms with Crippen LogP contribution in [0.4, 0.5) is 0 Å². The molecule has 0 bridgehead atoms. The van der Waals surface area contributed by atoms with E-state index in [1.165, 1.54) is 5.56 Å². The zero-order chi connectivity index (χ0) is 18.1. The standard InChI is InChI=1S/C9H13N.2C6H5.2ClH.Sn/c1-10(2)8-9-6-4-3-5-7-9;2*1-2-4-6-5-3-1;;;/h3-7H,8H2,1-2H3;2*1-5H;2*1H;/q;;;;;+2/p-2. The van der Waals surface area contributed by atoms with Gasteiger partial charge in [-0.25, -0.2) is 0 Å². The van der Waals surface area contributed by atoms with E-state index in [1.54, 1.807) is 0 Å². The first kappa shape index (κ1) is 20.3. The molecule has 0 unspecified atom stereocenters. The quantitative estimate of drug-likeness (QED) is 0.500. The zero-order valence-corrected chi connectivity index (χ0v) is 18.9. The molecular weight excluding hydrogens is 456 g/mol. The monoisotopic (exact) mass is 479 g/mol. The fourth-order valence-corrected chi connectivity index (χ4v) is 10.2. The van der Waals surface area contributed by atoms with Crippen LogP contribution in [0.15, 0.2) is 91.0 Å². The molecule has 25 heavy (non-hydrogen) atoms. The first-order valence-corrected chi connectivity index (χ1v) is 18.3. The van der Waals surface area contributed by atoms with E-state index in [9.17, 15) is 0 Å². The number of benzene rings is 3. The molecular formula is C21H23Cl2NSn. The van der Waals surface area contributed by atoms with Gasteiger partial charge in [0.05, 0.1) is 0 Å². The first-order chi connectivity index (χ1) is 12.0. The van der Waals surface area contributed by atoms with Gasteiger partial charge in [0.1, 0.15) is 0 Å². The summed E-state index contributed by atoms with van der Waals surface area (Å²) in [6.45, 7) is 1.03. The van der Waals surface area contributed by atoms with E-state index >= 15 is 0 Å². The fraction of sp³-hybridized carbons (Fsp3) is 0.143. The van der Waals surface area contributed by atoms with Crippen LogP contribution in [0.3, 0.4) is 0 Å². The number of nitrogens with zero attached hydrogens (tertiary/aromatic N) is 1. The molecule has 0 aromatic heterocycles. The maximum atomic E-state index is 6.56. The Morgan fingerprint density at radius 1 is 0.640 bits per heavy atom. The van der Waals surface area contributed by atoms with Crippen LogP contribution in [0.25, 0.3) is 0 Å². The zero-order valence-electron chi connectivity index (χ0n) is 14.6. The molecule has 3 rings (SSSR count). The molecule has 0 saturated carbocycles. The van der Waals surface area contributed by atoms with Gasteiger partial charge >= 0.3 is 102 Å². The van der Waals surface area contributed by atoms with Crippen molar-refractivity contribution in [2.75, 3.05) is 14.1 Å². The third kappa shape index (κ3) is 6.67. The second kappa shape index (κ2) is 10.2. The molecule has 0 N–H and O–H groups in total. The maximum absolute atomic E-state index is 6.56. The molecule has 0 aliphatic rings. The van der Waals surface area contributed by atoms with Gasteiger partial charge in [0.15, 0.2) is 0 Å². The number of halogens is 2. The van der Waals surface area contributed by atoms with E-state index in [0.717, 1.165) is 13.7 Å². The Morgan fingerprint density at radius 3 is 1.36 bits per heavy atom. The van der Waals surface area contributed by atoms with Crippen LogP contribution in [0.1, 0.15) is 5.56 Å². The molecule has 0 amide bonds. The van der Waals surface area contributed by atoms with Crippen LogP contribution in [-0.4, -0.2) is 35.1 Å². The average molecular weight is 479 g/mol. The van der Waals surface area contributed by atoms with Gasteiger partial charge in [0.25, 0.3) is 0 Å². The van der Waals surface area contributed by atoms with Crippen molar-refractivity contribution in [1.29, 1.82) is 0 Å².